The average molecular weight is 278 g/mol. The summed E-state index contributed by atoms with van der Waals surface area (Å²) in [5, 5.41) is 11.5. The van der Waals surface area contributed by atoms with Gasteiger partial charge >= 0.3 is 5.97 Å². The summed E-state index contributed by atoms with van der Waals surface area (Å²) in [6.45, 7) is 2.35. The van der Waals surface area contributed by atoms with Crippen LogP contribution in [0.5, 0.6) is 0 Å². The molecule has 5 nitrogen and oxygen atoms in total. The maximum atomic E-state index is 12.0. The number of benzene rings is 1. The first-order valence-electron chi connectivity index (χ1n) is 6.88. The Morgan fingerprint density at radius 1 is 1.40 bits per heavy atom. The van der Waals surface area contributed by atoms with Gasteiger partial charge in [0.15, 0.2) is 0 Å². The van der Waals surface area contributed by atoms with Crippen LogP contribution in [0.25, 0.3) is 0 Å². The van der Waals surface area contributed by atoms with E-state index in [0.717, 1.165) is 18.4 Å². The Morgan fingerprint density at radius 2 is 2.15 bits per heavy atom. The maximum Gasteiger partial charge on any atom is 0.303 e. The highest BCUT2D eigenvalue weighted by atomic mass is 16.4. The smallest absolute Gasteiger partial charge is 0.303 e. The Kier molecular flexibility index (Phi) is 6.73. The van der Waals surface area contributed by atoms with Crippen molar-refractivity contribution in [2.24, 2.45) is 11.7 Å². The first kappa shape index (κ1) is 16.2. The lowest BCUT2D eigenvalue weighted by molar-refractivity contribution is -0.137. The molecule has 0 heterocycles. The van der Waals surface area contributed by atoms with Crippen LogP contribution < -0.4 is 11.1 Å². The molecule has 4 N–H and O–H groups in total. The first-order valence-corrected chi connectivity index (χ1v) is 6.88. The molecule has 1 atom stereocenters. The zero-order valence-corrected chi connectivity index (χ0v) is 11.8. The lowest BCUT2D eigenvalue weighted by Gasteiger charge is -2.14. The van der Waals surface area contributed by atoms with Gasteiger partial charge in [0.25, 0.3) is 0 Å². The maximum absolute atomic E-state index is 12.0. The van der Waals surface area contributed by atoms with Crippen molar-refractivity contribution in [2.75, 3.05) is 11.9 Å². The summed E-state index contributed by atoms with van der Waals surface area (Å²) in [4.78, 5) is 22.6. The number of carbonyl (C=O) groups excluding carboxylic acids is 1. The second kappa shape index (κ2) is 8.32. The molecule has 1 unspecified atom stereocenters. The Morgan fingerprint density at radius 3 is 2.75 bits per heavy atom. The standard InChI is InChI=1S/C15H22N2O3/c1-2-4-12(10-16)15(20)17-13-6-3-5-11(9-13)7-8-14(18)19/h3,5-6,9,12H,2,4,7-8,10,16H2,1H3,(H,17,20)(H,18,19). The van der Waals surface area contributed by atoms with Crippen LogP contribution in [0.1, 0.15) is 31.7 Å². The van der Waals surface area contributed by atoms with Crippen molar-refractivity contribution in [1.29, 1.82) is 0 Å². The van der Waals surface area contributed by atoms with Crippen molar-refractivity contribution < 1.29 is 14.7 Å². The van der Waals surface area contributed by atoms with Crippen LogP contribution in [0.4, 0.5) is 5.69 Å². The largest absolute Gasteiger partial charge is 0.481 e. The van der Waals surface area contributed by atoms with Crippen molar-refractivity contribution >= 4 is 17.6 Å². The van der Waals surface area contributed by atoms with Crippen LogP contribution in [-0.2, 0) is 16.0 Å². The third-order valence-electron chi connectivity index (χ3n) is 3.11. The van der Waals surface area contributed by atoms with Gasteiger partial charge in [-0.25, -0.2) is 0 Å². The van der Waals surface area contributed by atoms with Crippen molar-refractivity contribution in [1.82, 2.24) is 0 Å². The Bertz CT molecular complexity index is 460. The number of rotatable bonds is 8. The van der Waals surface area contributed by atoms with E-state index >= 15 is 0 Å². The zero-order valence-electron chi connectivity index (χ0n) is 11.8. The molecule has 0 aliphatic carbocycles. The minimum Gasteiger partial charge on any atom is -0.481 e. The number of nitrogens with one attached hydrogen (secondary N) is 1. The molecule has 0 aliphatic heterocycles. The monoisotopic (exact) mass is 278 g/mol. The minimum atomic E-state index is -0.828. The molecule has 0 aromatic heterocycles. The van der Waals surface area contributed by atoms with E-state index in [-0.39, 0.29) is 18.2 Å². The van der Waals surface area contributed by atoms with E-state index in [9.17, 15) is 9.59 Å². The number of aryl methyl sites for hydroxylation is 1. The van der Waals surface area contributed by atoms with Gasteiger partial charge in [-0.1, -0.05) is 25.5 Å². The predicted molar refractivity (Wildman–Crippen MR) is 78.5 cm³/mol. The second-order valence-electron chi connectivity index (χ2n) is 4.80. The molecular weight excluding hydrogens is 256 g/mol. The highest BCUT2D eigenvalue weighted by Crippen LogP contribution is 2.15. The fourth-order valence-electron chi connectivity index (χ4n) is 2.00. The molecule has 0 saturated heterocycles. The Hall–Kier alpha value is -1.88. The van der Waals surface area contributed by atoms with Crippen molar-refractivity contribution in [2.45, 2.75) is 32.6 Å². The molecule has 5 heteroatoms. The molecule has 1 aromatic rings. The van der Waals surface area contributed by atoms with Crippen molar-refractivity contribution in [3.8, 4) is 0 Å². The number of carboxylic acid groups (broad SMARTS) is 1. The number of carbonyl (C=O) groups is 2. The van der Waals surface area contributed by atoms with E-state index in [1.807, 2.05) is 19.1 Å². The molecule has 0 aliphatic rings. The van der Waals surface area contributed by atoms with E-state index in [2.05, 4.69) is 5.32 Å². The number of carboxylic acids is 1. The number of aliphatic carboxylic acids is 1. The molecule has 1 amide bonds. The first-order chi connectivity index (χ1) is 9.56. The molecule has 1 rings (SSSR count). The third kappa shape index (κ3) is 5.40. The molecule has 20 heavy (non-hydrogen) atoms. The van der Waals surface area contributed by atoms with Gasteiger partial charge in [0.2, 0.25) is 5.91 Å². The summed E-state index contributed by atoms with van der Waals surface area (Å²) in [5.74, 6) is -1.09. The second-order valence-corrected chi connectivity index (χ2v) is 4.80. The lowest BCUT2D eigenvalue weighted by Crippen LogP contribution is -2.29. The summed E-state index contributed by atoms with van der Waals surface area (Å²) >= 11 is 0. The highest BCUT2D eigenvalue weighted by Gasteiger charge is 2.15. The van der Waals surface area contributed by atoms with Crippen LogP contribution in [0.2, 0.25) is 0 Å². The number of nitrogens with two attached hydrogens (primary N) is 1. The zero-order chi connectivity index (χ0) is 15.0. The number of amides is 1. The summed E-state index contributed by atoms with van der Waals surface area (Å²) in [6, 6.07) is 7.26. The van der Waals surface area contributed by atoms with Crippen molar-refractivity contribution in [3.05, 3.63) is 29.8 Å². The lowest BCUT2D eigenvalue weighted by atomic mass is 10.0. The Labute approximate surface area is 119 Å². The van der Waals surface area contributed by atoms with Crippen LogP contribution in [-0.4, -0.2) is 23.5 Å². The van der Waals surface area contributed by atoms with Gasteiger partial charge in [-0.3, -0.25) is 9.59 Å². The van der Waals surface area contributed by atoms with Gasteiger partial charge in [-0.05, 0) is 30.5 Å². The van der Waals surface area contributed by atoms with Crippen LogP contribution >= 0.6 is 0 Å². The van der Waals surface area contributed by atoms with E-state index < -0.39 is 5.97 Å². The molecule has 0 saturated carbocycles. The van der Waals surface area contributed by atoms with E-state index in [1.54, 1.807) is 12.1 Å². The fraction of sp³-hybridized carbons (Fsp3) is 0.467. The summed E-state index contributed by atoms with van der Waals surface area (Å²) in [6.07, 6.45) is 2.21. The molecule has 0 spiro atoms. The number of anilines is 1. The summed E-state index contributed by atoms with van der Waals surface area (Å²) in [5.41, 5.74) is 7.18. The van der Waals surface area contributed by atoms with Gasteiger partial charge in [-0.15, -0.1) is 0 Å². The molecular formula is C15H22N2O3. The third-order valence-corrected chi connectivity index (χ3v) is 3.11. The van der Waals surface area contributed by atoms with Gasteiger partial charge in [0.05, 0.1) is 5.92 Å². The topological polar surface area (TPSA) is 92.4 Å². The van der Waals surface area contributed by atoms with E-state index in [1.165, 1.54) is 0 Å². The molecule has 0 radical (unpaired) electrons. The normalized spacial score (nSPS) is 11.9. The Balaban J connectivity index is 2.65. The van der Waals surface area contributed by atoms with Gasteiger partial charge in [-0.2, -0.15) is 0 Å². The summed E-state index contributed by atoms with van der Waals surface area (Å²) < 4.78 is 0. The molecule has 110 valence electrons. The average Bonchev–Trinajstić information content (AvgIpc) is 2.42. The van der Waals surface area contributed by atoms with Gasteiger partial charge < -0.3 is 16.2 Å². The van der Waals surface area contributed by atoms with Crippen molar-refractivity contribution in [3.63, 3.8) is 0 Å². The number of hydrogen-bond donors (Lipinski definition) is 3. The van der Waals surface area contributed by atoms with E-state index in [0.29, 0.717) is 18.7 Å². The SMILES string of the molecule is CCCC(CN)C(=O)Nc1cccc(CCC(=O)O)c1. The van der Waals surface area contributed by atoms with Gasteiger partial charge in [0, 0.05) is 18.7 Å². The molecule has 1 aromatic carbocycles. The van der Waals surface area contributed by atoms with Crippen LogP contribution in [0.15, 0.2) is 24.3 Å². The minimum absolute atomic E-state index is 0.0789. The summed E-state index contributed by atoms with van der Waals surface area (Å²) in [7, 11) is 0. The predicted octanol–water partition coefficient (Wildman–Crippen LogP) is 2.02. The van der Waals surface area contributed by atoms with Crippen LogP contribution in [0, 0.1) is 5.92 Å². The quantitative estimate of drug-likeness (QED) is 0.678. The van der Waals surface area contributed by atoms with E-state index in [4.69, 9.17) is 10.8 Å². The fourth-order valence-corrected chi connectivity index (χ4v) is 2.00. The molecule has 0 bridgehead atoms. The molecule has 0 fully saturated rings. The highest BCUT2D eigenvalue weighted by molar-refractivity contribution is 5.92. The van der Waals surface area contributed by atoms with Crippen LogP contribution in [0.3, 0.4) is 0 Å². The van der Waals surface area contributed by atoms with Gasteiger partial charge in [0.1, 0.15) is 0 Å². The number of hydrogen-bond acceptors (Lipinski definition) is 3.